The van der Waals surface area contributed by atoms with Gasteiger partial charge >= 0.3 is 0 Å². The van der Waals surface area contributed by atoms with Gasteiger partial charge in [0.15, 0.2) is 0 Å². The number of rotatable bonds is 2. The predicted octanol–water partition coefficient (Wildman–Crippen LogP) is 1.11. The number of nitriles is 1. The van der Waals surface area contributed by atoms with Gasteiger partial charge in [-0.15, -0.1) is 0 Å². The molecule has 3 heteroatoms. The van der Waals surface area contributed by atoms with Gasteiger partial charge in [0.25, 0.3) is 0 Å². The summed E-state index contributed by atoms with van der Waals surface area (Å²) in [6.07, 6.45) is 1.36. The number of carbonyl (C=O) groups is 1. The van der Waals surface area contributed by atoms with Gasteiger partial charge in [-0.3, -0.25) is 4.79 Å². The first-order valence-electron chi connectivity index (χ1n) is 3.11. The smallest absolute Gasteiger partial charge is 0.250 e. The van der Waals surface area contributed by atoms with Gasteiger partial charge < -0.3 is 5.32 Å². The van der Waals surface area contributed by atoms with Crippen LogP contribution < -0.4 is 5.32 Å². The second-order valence-corrected chi connectivity index (χ2v) is 2.19. The van der Waals surface area contributed by atoms with E-state index in [1.165, 1.54) is 6.20 Å². The van der Waals surface area contributed by atoms with Gasteiger partial charge in [0.1, 0.15) is 0 Å². The van der Waals surface area contributed by atoms with E-state index in [1.54, 1.807) is 13.8 Å². The molecule has 0 aromatic rings. The molecule has 0 bridgehead atoms. The van der Waals surface area contributed by atoms with E-state index in [-0.39, 0.29) is 5.91 Å². The molecule has 11 heavy (non-hydrogen) atoms. The summed E-state index contributed by atoms with van der Waals surface area (Å²) in [6, 6.07) is 1.88. The summed E-state index contributed by atoms with van der Waals surface area (Å²) in [6.45, 7) is 6.65. The molecule has 3 nitrogen and oxygen atoms in total. The van der Waals surface area contributed by atoms with Gasteiger partial charge in [-0.1, -0.05) is 6.58 Å². The van der Waals surface area contributed by atoms with Crippen molar-refractivity contribution in [2.75, 3.05) is 0 Å². The van der Waals surface area contributed by atoms with Crippen molar-refractivity contribution in [2.24, 2.45) is 0 Å². The lowest BCUT2D eigenvalue weighted by atomic mass is 10.3. The van der Waals surface area contributed by atoms with Crippen molar-refractivity contribution in [3.05, 3.63) is 23.9 Å². The molecule has 0 aromatic carbocycles. The molecule has 0 rings (SSSR count). The number of hydrogen-bond donors (Lipinski definition) is 1. The summed E-state index contributed by atoms with van der Waals surface area (Å²) in [5.41, 5.74) is 0.881. The Labute approximate surface area is 66.0 Å². The van der Waals surface area contributed by atoms with E-state index in [2.05, 4.69) is 11.9 Å². The van der Waals surface area contributed by atoms with E-state index in [0.29, 0.717) is 11.1 Å². The minimum absolute atomic E-state index is 0.264. The van der Waals surface area contributed by atoms with Crippen LogP contribution in [0.5, 0.6) is 0 Å². The Balaban J connectivity index is 4.01. The van der Waals surface area contributed by atoms with Gasteiger partial charge in [-0.05, 0) is 13.8 Å². The molecule has 0 saturated carbocycles. The molecule has 0 atom stereocenters. The van der Waals surface area contributed by atoms with Crippen molar-refractivity contribution in [2.45, 2.75) is 13.8 Å². The van der Waals surface area contributed by atoms with E-state index in [0.717, 1.165) is 0 Å². The van der Waals surface area contributed by atoms with Crippen LogP contribution in [-0.4, -0.2) is 5.91 Å². The summed E-state index contributed by atoms with van der Waals surface area (Å²) in [5, 5.41) is 10.7. The molecule has 0 radical (unpaired) electrons. The van der Waals surface area contributed by atoms with Gasteiger partial charge in [0.05, 0.1) is 6.07 Å². The molecule has 0 aromatic heterocycles. The predicted molar refractivity (Wildman–Crippen MR) is 42.3 cm³/mol. The number of hydrogen-bond acceptors (Lipinski definition) is 2. The first-order chi connectivity index (χ1) is 5.07. The van der Waals surface area contributed by atoms with E-state index >= 15 is 0 Å². The fraction of sp³-hybridized carbons (Fsp3) is 0.250. The fourth-order valence-electron chi connectivity index (χ4n) is 0.329. The highest BCUT2D eigenvalue weighted by atomic mass is 16.1. The first kappa shape index (κ1) is 9.44. The average molecular weight is 150 g/mol. The second-order valence-electron chi connectivity index (χ2n) is 2.19. The number of amides is 1. The van der Waals surface area contributed by atoms with Crippen LogP contribution in [0.15, 0.2) is 23.9 Å². The van der Waals surface area contributed by atoms with Crippen LogP contribution in [0.4, 0.5) is 0 Å². The average Bonchev–Trinajstić information content (AvgIpc) is 1.99. The molecule has 0 aliphatic rings. The molecule has 1 N–H and O–H groups in total. The molecule has 0 fully saturated rings. The highest BCUT2D eigenvalue weighted by molar-refractivity contribution is 5.92. The molecular weight excluding hydrogens is 140 g/mol. The minimum atomic E-state index is -0.264. The molecule has 1 amide bonds. The molecule has 58 valence electrons. The van der Waals surface area contributed by atoms with E-state index < -0.39 is 0 Å². The molecule has 0 heterocycles. The minimum Gasteiger partial charge on any atom is -0.328 e. The second kappa shape index (κ2) is 4.29. The highest BCUT2D eigenvalue weighted by Gasteiger charge is 1.96. The van der Waals surface area contributed by atoms with Crippen molar-refractivity contribution in [1.29, 1.82) is 5.26 Å². The third-order valence-electron chi connectivity index (χ3n) is 0.984. The number of nitrogens with one attached hydrogen (secondary N) is 1. The van der Waals surface area contributed by atoms with Gasteiger partial charge in [0.2, 0.25) is 5.91 Å². The van der Waals surface area contributed by atoms with Crippen LogP contribution in [-0.2, 0) is 4.79 Å². The van der Waals surface area contributed by atoms with E-state index in [9.17, 15) is 4.79 Å². The van der Waals surface area contributed by atoms with E-state index in [4.69, 9.17) is 5.26 Å². The lowest BCUT2D eigenvalue weighted by molar-refractivity contribution is -0.116. The molecular formula is C8H10N2O. The zero-order valence-electron chi connectivity index (χ0n) is 6.64. The Morgan fingerprint density at radius 3 is 2.55 bits per heavy atom. The van der Waals surface area contributed by atoms with Crippen LogP contribution >= 0.6 is 0 Å². The Hall–Kier alpha value is -1.56. The number of nitrogens with zero attached hydrogens (tertiary/aromatic N) is 1. The topological polar surface area (TPSA) is 52.9 Å². The monoisotopic (exact) mass is 150 g/mol. The van der Waals surface area contributed by atoms with Crippen molar-refractivity contribution < 1.29 is 4.79 Å². The third kappa shape index (κ3) is 3.93. The van der Waals surface area contributed by atoms with Crippen LogP contribution in [0, 0.1) is 11.3 Å². The van der Waals surface area contributed by atoms with Crippen LogP contribution in [0.2, 0.25) is 0 Å². The maximum absolute atomic E-state index is 10.8. The Bertz CT molecular complexity index is 245. The van der Waals surface area contributed by atoms with Crippen LogP contribution in [0.25, 0.3) is 0 Å². The lowest BCUT2D eigenvalue weighted by Crippen LogP contribution is -2.17. The molecule has 0 aliphatic carbocycles. The quantitative estimate of drug-likeness (QED) is 0.473. The van der Waals surface area contributed by atoms with E-state index in [1.807, 2.05) is 6.07 Å². The molecule has 0 aliphatic heterocycles. The summed E-state index contributed by atoms with van der Waals surface area (Å²) >= 11 is 0. The lowest BCUT2D eigenvalue weighted by Gasteiger charge is -1.96. The molecule has 0 unspecified atom stereocenters. The first-order valence-corrected chi connectivity index (χ1v) is 3.11. The summed E-state index contributed by atoms with van der Waals surface area (Å²) in [5.74, 6) is -0.264. The van der Waals surface area contributed by atoms with Crippen molar-refractivity contribution in [3.63, 3.8) is 0 Å². The Kier molecular flexibility index (Phi) is 3.68. The number of carbonyl (C=O) groups excluding carboxylic acids is 1. The summed E-state index contributed by atoms with van der Waals surface area (Å²) in [7, 11) is 0. The standard InChI is InChI=1S/C8H10N2O/c1-6(2)8(11)10-5-7(3)4-9/h5H,1H2,2-3H3,(H,10,11). The molecule has 0 spiro atoms. The van der Waals surface area contributed by atoms with Crippen molar-refractivity contribution in [3.8, 4) is 6.07 Å². The number of allylic oxidation sites excluding steroid dienone is 1. The SMILES string of the molecule is C=C(C)C(=O)NC=C(C)C#N. The van der Waals surface area contributed by atoms with Gasteiger partial charge in [-0.25, -0.2) is 0 Å². The van der Waals surface area contributed by atoms with Crippen molar-refractivity contribution in [1.82, 2.24) is 5.32 Å². The maximum atomic E-state index is 10.8. The highest BCUT2D eigenvalue weighted by Crippen LogP contribution is 1.88. The summed E-state index contributed by atoms with van der Waals surface area (Å²) < 4.78 is 0. The summed E-state index contributed by atoms with van der Waals surface area (Å²) in [4.78, 5) is 10.8. The zero-order chi connectivity index (χ0) is 8.85. The van der Waals surface area contributed by atoms with Crippen LogP contribution in [0.1, 0.15) is 13.8 Å². The fourth-order valence-corrected chi connectivity index (χ4v) is 0.329. The Morgan fingerprint density at radius 2 is 2.18 bits per heavy atom. The maximum Gasteiger partial charge on any atom is 0.250 e. The normalized spacial score (nSPS) is 10.1. The van der Waals surface area contributed by atoms with Gasteiger partial charge in [-0.2, -0.15) is 5.26 Å². The third-order valence-corrected chi connectivity index (χ3v) is 0.984. The van der Waals surface area contributed by atoms with Gasteiger partial charge in [0, 0.05) is 17.3 Å². The Morgan fingerprint density at radius 1 is 1.64 bits per heavy atom. The molecule has 0 saturated heterocycles. The van der Waals surface area contributed by atoms with Crippen molar-refractivity contribution >= 4 is 5.91 Å². The zero-order valence-corrected chi connectivity index (χ0v) is 6.64. The largest absolute Gasteiger partial charge is 0.328 e. The van der Waals surface area contributed by atoms with Crippen LogP contribution in [0.3, 0.4) is 0 Å².